The number of carbonyl (C=O) groups excluding carboxylic acids is 1. The molecule has 1 aromatic heterocycles. The molecule has 0 saturated heterocycles. The summed E-state index contributed by atoms with van der Waals surface area (Å²) < 4.78 is 4.76. The van der Waals surface area contributed by atoms with Crippen molar-refractivity contribution < 1.29 is 24.5 Å². The molecule has 1 aromatic rings. The van der Waals surface area contributed by atoms with Gasteiger partial charge in [-0.2, -0.15) is 0 Å². The molecule has 0 spiro atoms. The first kappa shape index (κ1) is 14.6. The summed E-state index contributed by atoms with van der Waals surface area (Å²) in [5.74, 6) is -1.37. The Labute approximate surface area is 108 Å². The van der Waals surface area contributed by atoms with E-state index < -0.39 is 12.1 Å². The highest BCUT2D eigenvalue weighted by atomic mass is 32.1. The van der Waals surface area contributed by atoms with Crippen molar-refractivity contribution in [3.8, 4) is 0 Å². The smallest absolute Gasteiger partial charge is 0.345 e. The van der Waals surface area contributed by atoms with Crippen molar-refractivity contribution in [2.45, 2.75) is 6.10 Å². The summed E-state index contributed by atoms with van der Waals surface area (Å²) in [6, 6.07) is 2.86. The molecular formula is C11H15NO5S. The van der Waals surface area contributed by atoms with E-state index in [0.29, 0.717) is 4.88 Å². The van der Waals surface area contributed by atoms with Crippen molar-refractivity contribution in [2.24, 2.45) is 0 Å². The number of rotatable bonds is 6. The monoisotopic (exact) mass is 273 g/mol. The lowest BCUT2D eigenvalue weighted by atomic mass is 10.3. The number of aromatic carboxylic acids is 1. The van der Waals surface area contributed by atoms with Gasteiger partial charge in [-0.05, 0) is 12.1 Å². The van der Waals surface area contributed by atoms with Gasteiger partial charge in [0, 0.05) is 20.7 Å². The molecule has 2 N–H and O–H groups in total. The Morgan fingerprint density at radius 2 is 2.06 bits per heavy atom. The first-order valence-corrected chi connectivity index (χ1v) is 6.03. The van der Waals surface area contributed by atoms with Gasteiger partial charge >= 0.3 is 5.97 Å². The van der Waals surface area contributed by atoms with E-state index in [0.717, 1.165) is 11.3 Å². The highest BCUT2D eigenvalue weighted by Gasteiger charge is 2.18. The molecule has 1 heterocycles. The van der Waals surface area contributed by atoms with Crippen LogP contribution in [0.2, 0.25) is 0 Å². The second kappa shape index (κ2) is 6.48. The van der Waals surface area contributed by atoms with Gasteiger partial charge in [-0.25, -0.2) is 4.79 Å². The summed E-state index contributed by atoms with van der Waals surface area (Å²) in [5, 5.41) is 18.3. The molecule has 0 fully saturated rings. The summed E-state index contributed by atoms with van der Waals surface area (Å²) >= 11 is 0.914. The SMILES string of the molecule is COCC(O)CN(C)C(=O)c1ccc(C(=O)O)s1. The number of carboxylic acid groups (broad SMARTS) is 1. The van der Waals surface area contributed by atoms with E-state index in [1.807, 2.05) is 0 Å². The van der Waals surface area contributed by atoms with Crippen LogP contribution in [0.25, 0.3) is 0 Å². The molecule has 7 heteroatoms. The molecule has 0 aliphatic rings. The maximum Gasteiger partial charge on any atom is 0.345 e. The molecule has 0 aromatic carbocycles. The molecule has 0 radical (unpaired) electrons. The Hall–Kier alpha value is -1.44. The van der Waals surface area contributed by atoms with Gasteiger partial charge in [0.2, 0.25) is 0 Å². The molecule has 0 aliphatic carbocycles. The number of aliphatic hydroxyl groups is 1. The second-order valence-electron chi connectivity index (χ2n) is 3.76. The average molecular weight is 273 g/mol. The minimum absolute atomic E-state index is 0.115. The highest BCUT2D eigenvalue weighted by molar-refractivity contribution is 7.15. The van der Waals surface area contributed by atoms with Gasteiger partial charge in [0.1, 0.15) is 4.88 Å². The number of carboxylic acids is 1. The third kappa shape index (κ3) is 3.80. The molecule has 100 valence electrons. The number of hydrogen-bond acceptors (Lipinski definition) is 5. The van der Waals surface area contributed by atoms with Crippen molar-refractivity contribution in [3.05, 3.63) is 21.9 Å². The largest absolute Gasteiger partial charge is 0.477 e. The number of ether oxygens (including phenoxy) is 1. The summed E-state index contributed by atoms with van der Waals surface area (Å²) in [6.07, 6.45) is -0.761. The summed E-state index contributed by atoms with van der Waals surface area (Å²) in [6.45, 7) is 0.273. The van der Waals surface area contributed by atoms with E-state index in [4.69, 9.17) is 9.84 Å². The van der Waals surface area contributed by atoms with Gasteiger partial charge in [-0.15, -0.1) is 11.3 Å². The van der Waals surface area contributed by atoms with Crippen molar-refractivity contribution in [2.75, 3.05) is 27.3 Å². The third-order valence-electron chi connectivity index (χ3n) is 2.22. The number of methoxy groups -OCH3 is 1. The molecular weight excluding hydrogens is 258 g/mol. The van der Waals surface area contributed by atoms with E-state index in [1.165, 1.54) is 24.1 Å². The van der Waals surface area contributed by atoms with Crippen LogP contribution in [0.1, 0.15) is 19.3 Å². The predicted molar refractivity (Wildman–Crippen MR) is 66.1 cm³/mol. The lowest BCUT2D eigenvalue weighted by molar-refractivity contribution is 0.0382. The molecule has 0 bridgehead atoms. The first-order valence-electron chi connectivity index (χ1n) is 5.21. The van der Waals surface area contributed by atoms with E-state index in [9.17, 15) is 14.7 Å². The van der Waals surface area contributed by atoms with Gasteiger partial charge in [0.25, 0.3) is 5.91 Å². The normalized spacial score (nSPS) is 12.2. The predicted octanol–water partition coefficient (Wildman–Crippen LogP) is 0.526. The highest BCUT2D eigenvalue weighted by Crippen LogP contribution is 2.18. The fraction of sp³-hybridized carbons (Fsp3) is 0.455. The maximum atomic E-state index is 11.9. The Morgan fingerprint density at radius 1 is 1.44 bits per heavy atom. The zero-order valence-electron chi connectivity index (χ0n) is 10.1. The Kier molecular flexibility index (Phi) is 5.26. The van der Waals surface area contributed by atoms with Crippen LogP contribution >= 0.6 is 11.3 Å². The maximum absolute atomic E-state index is 11.9. The van der Waals surface area contributed by atoms with E-state index in [-0.39, 0.29) is 23.9 Å². The van der Waals surface area contributed by atoms with Crippen LogP contribution in [-0.2, 0) is 4.74 Å². The van der Waals surface area contributed by atoms with Gasteiger partial charge in [0.05, 0.1) is 17.6 Å². The van der Waals surface area contributed by atoms with Gasteiger partial charge in [-0.3, -0.25) is 4.79 Å². The summed E-state index contributed by atoms with van der Waals surface area (Å²) in [5.41, 5.74) is 0. The van der Waals surface area contributed by atoms with Gasteiger partial charge in [0.15, 0.2) is 0 Å². The number of hydrogen-bond donors (Lipinski definition) is 2. The summed E-state index contributed by atoms with van der Waals surface area (Å²) in [7, 11) is 3.00. The standard InChI is InChI=1S/C11H15NO5S/c1-12(5-7(13)6-17-2)10(14)8-3-4-9(18-8)11(15)16/h3-4,7,13H,5-6H2,1-2H3,(H,15,16). The fourth-order valence-electron chi connectivity index (χ4n) is 1.40. The molecule has 18 heavy (non-hydrogen) atoms. The van der Waals surface area contributed by atoms with Crippen LogP contribution in [-0.4, -0.2) is 60.4 Å². The molecule has 0 aliphatic heterocycles. The molecule has 6 nitrogen and oxygen atoms in total. The van der Waals surface area contributed by atoms with Crippen LogP contribution in [0.5, 0.6) is 0 Å². The number of nitrogens with zero attached hydrogens (tertiary/aromatic N) is 1. The molecule has 1 rings (SSSR count). The molecule has 1 unspecified atom stereocenters. The van der Waals surface area contributed by atoms with Crippen molar-refractivity contribution in [3.63, 3.8) is 0 Å². The van der Waals surface area contributed by atoms with Gasteiger partial charge in [-0.1, -0.05) is 0 Å². The minimum atomic E-state index is -1.05. The van der Waals surface area contributed by atoms with Crippen LogP contribution < -0.4 is 0 Å². The van der Waals surface area contributed by atoms with Crippen molar-refractivity contribution in [1.29, 1.82) is 0 Å². The van der Waals surface area contributed by atoms with Crippen LogP contribution in [0.3, 0.4) is 0 Å². The Morgan fingerprint density at radius 3 is 2.56 bits per heavy atom. The Bertz CT molecular complexity index is 431. The minimum Gasteiger partial charge on any atom is -0.477 e. The molecule has 1 amide bonds. The van der Waals surface area contributed by atoms with E-state index in [1.54, 1.807) is 7.05 Å². The van der Waals surface area contributed by atoms with E-state index in [2.05, 4.69) is 0 Å². The number of likely N-dealkylation sites (N-methyl/N-ethyl adjacent to an activating group) is 1. The zero-order valence-corrected chi connectivity index (χ0v) is 10.9. The number of carbonyl (C=O) groups is 2. The fourth-order valence-corrected chi connectivity index (χ4v) is 2.24. The zero-order chi connectivity index (χ0) is 13.7. The number of aliphatic hydroxyl groups excluding tert-OH is 1. The quantitative estimate of drug-likeness (QED) is 0.789. The molecule has 1 atom stereocenters. The lowest BCUT2D eigenvalue weighted by Crippen LogP contribution is -2.35. The van der Waals surface area contributed by atoms with Crippen LogP contribution in [0, 0.1) is 0 Å². The number of amides is 1. The molecule has 0 saturated carbocycles. The van der Waals surface area contributed by atoms with Crippen molar-refractivity contribution in [1.82, 2.24) is 4.90 Å². The Balaban J connectivity index is 2.65. The summed E-state index contributed by atoms with van der Waals surface area (Å²) in [4.78, 5) is 24.4. The average Bonchev–Trinajstić information content (AvgIpc) is 2.77. The first-order chi connectivity index (χ1) is 8.45. The lowest BCUT2D eigenvalue weighted by Gasteiger charge is -2.19. The van der Waals surface area contributed by atoms with Crippen molar-refractivity contribution >= 4 is 23.2 Å². The topological polar surface area (TPSA) is 87.1 Å². The van der Waals surface area contributed by atoms with Crippen LogP contribution in [0.15, 0.2) is 12.1 Å². The van der Waals surface area contributed by atoms with Crippen LogP contribution in [0.4, 0.5) is 0 Å². The second-order valence-corrected chi connectivity index (χ2v) is 4.85. The van der Waals surface area contributed by atoms with Gasteiger partial charge < -0.3 is 19.8 Å². The number of thiophene rings is 1. The van der Waals surface area contributed by atoms with E-state index >= 15 is 0 Å². The third-order valence-corrected chi connectivity index (χ3v) is 3.28.